The van der Waals surface area contributed by atoms with Crippen LogP contribution in [0.1, 0.15) is 43.1 Å². The predicted octanol–water partition coefficient (Wildman–Crippen LogP) is 2.52. The van der Waals surface area contributed by atoms with E-state index >= 15 is 0 Å². The minimum absolute atomic E-state index is 0. The number of rotatable bonds is 7. The lowest BCUT2D eigenvalue weighted by Gasteiger charge is -2.09. The number of hydrogen-bond donors (Lipinski definition) is 3. The maximum absolute atomic E-state index is 11.9. The average Bonchev–Trinajstić information content (AvgIpc) is 2.51. The Balaban J connectivity index is 0.00000441. The van der Waals surface area contributed by atoms with E-state index in [1.165, 1.54) is 0 Å². The van der Waals surface area contributed by atoms with E-state index in [0.717, 1.165) is 31.0 Å². The number of hydrogen-bond acceptors (Lipinski definition) is 2. The zero-order valence-corrected chi connectivity index (χ0v) is 15.9. The standard InChI is InChI=1S/C16H26N4O.HI/c1-4-10-19-15(21)14-9-7-8-13(11-14)12-20-16(17-5-2)18-6-3;/h7-9,11H,4-6,10,12H2,1-3H3,(H,19,21)(H2,17,18,20);1H. The molecule has 0 heterocycles. The van der Waals surface area contributed by atoms with Gasteiger partial charge in [-0.3, -0.25) is 4.79 Å². The SMILES string of the molecule is CCCNC(=O)c1cccc(CN=C(NCC)NCC)c1.I. The van der Waals surface area contributed by atoms with Gasteiger partial charge in [0.25, 0.3) is 5.91 Å². The second-order valence-corrected chi connectivity index (χ2v) is 4.68. The molecule has 0 aliphatic carbocycles. The third kappa shape index (κ3) is 7.63. The van der Waals surface area contributed by atoms with E-state index in [1.807, 2.05) is 45.0 Å². The van der Waals surface area contributed by atoms with Gasteiger partial charge < -0.3 is 16.0 Å². The van der Waals surface area contributed by atoms with Crippen LogP contribution in [0, 0.1) is 0 Å². The van der Waals surface area contributed by atoms with Gasteiger partial charge in [0.2, 0.25) is 0 Å². The third-order valence-electron chi connectivity index (χ3n) is 2.83. The molecule has 1 aromatic carbocycles. The molecule has 22 heavy (non-hydrogen) atoms. The molecule has 0 aliphatic rings. The summed E-state index contributed by atoms with van der Waals surface area (Å²) in [7, 11) is 0. The van der Waals surface area contributed by atoms with Crippen molar-refractivity contribution in [1.29, 1.82) is 0 Å². The Bertz CT molecular complexity index is 469. The molecule has 0 radical (unpaired) electrons. The zero-order chi connectivity index (χ0) is 15.5. The fourth-order valence-electron chi connectivity index (χ4n) is 1.83. The van der Waals surface area contributed by atoms with Gasteiger partial charge in [-0.1, -0.05) is 19.1 Å². The molecule has 0 unspecified atom stereocenters. The van der Waals surface area contributed by atoms with Crippen molar-refractivity contribution in [2.24, 2.45) is 4.99 Å². The summed E-state index contributed by atoms with van der Waals surface area (Å²) in [5, 5.41) is 9.24. The second kappa shape index (κ2) is 12.3. The molecular formula is C16H27IN4O. The number of carbonyl (C=O) groups excluding carboxylic acids is 1. The van der Waals surface area contributed by atoms with Crippen molar-refractivity contribution < 1.29 is 4.79 Å². The van der Waals surface area contributed by atoms with E-state index in [-0.39, 0.29) is 29.9 Å². The van der Waals surface area contributed by atoms with Gasteiger partial charge >= 0.3 is 0 Å². The van der Waals surface area contributed by atoms with E-state index < -0.39 is 0 Å². The molecule has 3 N–H and O–H groups in total. The normalized spacial score (nSPS) is 9.41. The lowest BCUT2D eigenvalue weighted by atomic mass is 10.1. The summed E-state index contributed by atoms with van der Waals surface area (Å²) in [5.74, 6) is 0.766. The Kier molecular flexibility index (Phi) is 11.5. The first-order valence-electron chi connectivity index (χ1n) is 7.60. The van der Waals surface area contributed by atoms with Crippen LogP contribution >= 0.6 is 24.0 Å². The van der Waals surface area contributed by atoms with Crippen molar-refractivity contribution >= 4 is 35.8 Å². The molecule has 1 amide bonds. The number of amides is 1. The quantitative estimate of drug-likeness (QED) is 0.362. The largest absolute Gasteiger partial charge is 0.357 e. The van der Waals surface area contributed by atoms with Crippen molar-refractivity contribution in [3.8, 4) is 0 Å². The summed E-state index contributed by atoms with van der Waals surface area (Å²) in [6.07, 6.45) is 0.935. The first kappa shape index (κ1) is 20.7. The van der Waals surface area contributed by atoms with Crippen molar-refractivity contribution in [2.75, 3.05) is 19.6 Å². The molecular weight excluding hydrogens is 391 g/mol. The molecule has 0 saturated carbocycles. The van der Waals surface area contributed by atoms with Crippen LogP contribution in [0.5, 0.6) is 0 Å². The fourth-order valence-corrected chi connectivity index (χ4v) is 1.83. The van der Waals surface area contributed by atoms with Gasteiger partial charge in [0, 0.05) is 25.2 Å². The highest BCUT2D eigenvalue weighted by atomic mass is 127. The first-order valence-corrected chi connectivity index (χ1v) is 7.60. The molecule has 6 heteroatoms. The summed E-state index contributed by atoms with van der Waals surface area (Å²) >= 11 is 0. The Morgan fingerprint density at radius 3 is 2.36 bits per heavy atom. The molecule has 1 rings (SSSR count). The van der Waals surface area contributed by atoms with Crippen molar-refractivity contribution in [2.45, 2.75) is 33.7 Å². The minimum Gasteiger partial charge on any atom is -0.357 e. The summed E-state index contributed by atoms with van der Waals surface area (Å²) in [6, 6.07) is 7.60. The minimum atomic E-state index is -0.0266. The van der Waals surface area contributed by atoms with Gasteiger partial charge in [0.1, 0.15) is 0 Å². The molecule has 0 aliphatic heterocycles. The smallest absolute Gasteiger partial charge is 0.251 e. The number of nitrogens with one attached hydrogen (secondary N) is 3. The number of benzene rings is 1. The van der Waals surface area contributed by atoms with Crippen LogP contribution in [0.15, 0.2) is 29.3 Å². The molecule has 124 valence electrons. The number of guanidine groups is 1. The van der Waals surface area contributed by atoms with Gasteiger partial charge in [-0.15, -0.1) is 24.0 Å². The van der Waals surface area contributed by atoms with Crippen LogP contribution in [0.2, 0.25) is 0 Å². The second-order valence-electron chi connectivity index (χ2n) is 4.68. The third-order valence-corrected chi connectivity index (χ3v) is 2.83. The van der Waals surface area contributed by atoms with Gasteiger partial charge in [-0.05, 0) is 38.0 Å². The highest BCUT2D eigenvalue weighted by molar-refractivity contribution is 14.0. The number of carbonyl (C=O) groups is 1. The van der Waals surface area contributed by atoms with E-state index in [9.17, 15) is 4.79 Å². The van der Waals surface area contributed by atoms with E-state index in [0.29, 0.717) is 18.7 Å². The molecule has 0 bridgehead atoms. The molecule has 1 aromatic rings. The molecule has 0 fully saturated rings. The van der Waals surface area contributed by atoms with Gasteiger partial charge in [-0.2, -0.15) is 0 Å². The highest BCUT2D eigenvalue weighted by Crippen LogP contribution is 2.06. The predicted molar refractivity (Wildman–Crippen MR) is 103 cm³/mol. The Morgan fingerprint density at radius 1 is 1.09 bits per heavy atom. The fraction of sp³-hybridized carbons (Fsp3) is 0.500. The summed E-state index contributed by atoms with van der Waals surface area (Å²) in [5.41, 5.74) is 1.71. The van der Waals surface area contributed by atoms with Crippen LogP contribution in [0.4, 0.5) is 0 Å². The van der Waals surface area contributed by atoms with Gasteiger partial charge in [0.15, 0.2) is 5.96 Å². The van der Waals surface area contributed by atoms with Gasteiger partial charge in [0.05, 0.1) is 6.54 Å². The number of halogens is 1. The van der Waals surface area contributed by atoms with E-state index in [4.69, 9.17) is 0 Å². The number of nitrogens with zero attached hydrogens (tertiary/aromatic N) is 1. The van der Waals surface area contributed by atoms with E-state index in [1.54, 1.807) is 0 Å². The molecule has 0 atom stereocenters. The molecule has 0 aromatic heterocycles. The zero-order valence-electron chi connectivity index (χ0n) is 13.6. The van der Waals surface area contributed by atoms with Crippen LogP contribution in [0.25, 0.3) is 0 Å². The van der Waals surface area contributed by atoms with Crippen LogP contribution < -0.4 is 16.0 Å². The topological polar surface area (TPSA) is 65.5 Å². The van der Waals surface area contributed by atoms with Crippen LogP contribution in [-0.4, -0.2) is 31.5 Å². The summed E-state index contributed by atoms with van der Waals surface area (Å²) in [4.78, 5) is 16.4. The summed E-state index contributed by atoms with van der Waals surface area (Å²) < 4.78 is 0. The van der Waals surface area contributed by atoms with Crippen LogP contribution in [0.3, 0.4) is 0 Å². The van der Waals surface area contributed by atoms with Gasteiger partial charge in [-0.25, -0.2) is 4.99 Å². The first-order chi connectivity index (χ1) is 10.2. The lowest BCUT2D eigenvalue weighted by molar-refractivity contribution is 0.0953. The van der Waals surface area contributed by atoms with E-state index in [2.05, 4.69) is 20.9 Å². The molecule has 0 saturated heterocycles. The van der Waals surface area contributed by atoms with Crippen molar-refractivity contribution in [3.05, 3.63) is 35.4 Å². The average molecular weight is 418 g/mol. The number of aliphatic imine (C=N–C) groups is 1. The molecule has 5 nitrogen and oxygen atoms in total. The lowest BCUT2D eigenvalue weighted by Crippen LogP contribution is -2.36. The van der Waals surface area contributed by atoms with Crippen molar-refractivity contribution in [1.82, 2.24) is 16.0 Å². The molecule has 0 spiro atoms. The van der Waals surface area contributed by atoms with Crippen molar-refractivity contribution in [3.63, 3.8) is 0 Å². The highest BCUT2D eigenvalue weighted by Gasteiger charge is 2.05. The Hall–Kier alpha value is -1.31. The maximum Gasteiger partial charge on any atom is 0.251 e. The monoisotopic (exact) mass is 418 g/mol. The Labute approximate surface area is 150 Å². The summed E-state index contributed by atoms with van der Waals surface area (Å²) in [6.45, 7) is 9.00. The Morgan fingerprint density at radius 2 is 1.77 bits per heavy atom. The van der Waals surface area contributed by atoms with Crippen LogP contribution in [-0.2, 0) is 6.54 Å². The maximum atomic E-state index is 11.9.